The zero-order valence-electron chi connectivity index (χ0n) is 15.5. The van der Waals surface area contributed by atoms with Gasteiger partial charge in [-0.15, -0.1) is 0 Å². The van der Waals surface area contributed by atoms with E-state index in [0.29, 0.717) is 23.3 Å². The van der Waals surface area contributed by atoms with Gasteiger partial charge in [0.2, 0.25) is 5.95 Å². The van der Waals surface area contributed by atoms with E-state index in [1.54, 1.807) is 6.21 Å². The van der Waals surface area contributed by atoms with E-state index in [1.165, 1.54) is 6.07 Å². The highest BCUT2D eigenvalue weighted by Gasteiger charge is 2.03. The first-order chi connectivity index (χ1) is 13.6. The number of nitrogens with zero attached hydrogens (tertiary/aromatic N) is 2. The molecule has 0 radical (unpaired) electrons. The van der Waals surface area contributed by atoms with Crippen molar-refractivity contribution in [3.63, 3.8) is 0 Å². The summed E-state index contributed by atoms with van der Waals surface area (Å²) in [5.74, 6) is 1.01. The van der Waals surface area contributed by atoms with Gasteiger partial charge in [0.1, 0.15) is 12.4 Å². The van der Waals surface area contributed by atoms with Gasteiger partial charge in [-0.25, -0.2) is 10.4 Å². The van der Waals surface area contributed by atoms with Crippen molar-refractivity contribution in [3.8, 4) is 5.75 Å². The number of ether oxygens (including phenoxy) is 1. The first-order valence-corrected chi connectivity index (χ1v) is 9.37. The summed E-state index contributed by atoms with van der Waals surface area (Å²) in [6.07, 6.45) is 3.28. The fourth-order valence-corrected chi connectivity index (χ4v) is 2.69. The summed E-state index contributed by atoms with van der Waals surface area (Å²) in [6, 6.07) is 16.6. The molecule has 6 nitrogen and oxygen atoms in total. The van der Waals surface area contributed by atoms with E-state index in [2.05, 4.69) is 20.5 Å². The summed E-state index contributed by atoms with van der Waals surface area (Å²) in [6.45, 7) is 2.46. The number of aromatic nitrogens is 2. The predicted molar refractivity (Wildman–Crippen MR) is 112 cm³/mol. The van der Waals surface area contributed by atoms with Crippen LogP contribution >= 0.6 is 11.6 Å². The van der Waals surface area contributed by atoms with E-state index in [0.717, 1.165) is 29.7 Å². The van der Waals surface area contributed by atoms with Gasteiger partial charge in [-0.2, -0.15) is 5.10 Å². The average Bonchev–Trinajstić information content (AvgIpc) is 2.68. The smallest absolute Gasteiger partial charge is 0.252 e. The number of para-hydroxylation sites is 1. The van der Waals surface area contributed by atoms with Crippen LogP contribution in [0.3, 0.4) is 0 Å². The van der Waals surface area contributed by atoms with Gasteiger partial charge in [-0.1, -0.05) is 49.2 Å². The zero-order chi connectivity index (χ0) is 19.8. The summed E-state index contributed by atoms with van der Waals surface area (Å²) in [5, 5.41) is 4.87. The number of nitrogens with one attached hydrogen (secondary N) is 2. The number of hydrogen-bond acceptors (Lipinski definition) is 5. The molecule has 0 saturated carbocycles. The second-order valence-electron chi connectivity index (χ2n) is 6.16. The monoisotopic (exact) mass is 396 g/mol. The number of rotatable bonds is 8. The minimum Gasteiger partial charge on any atom is -0.488 e. The fourth-order valence-electron chi connectivity index (χ4n) is 2.57. The van der Waals surface area contributed by atoms with Crippen molar-refractivity contribution < 1.29 is 4.74 Å². The summed E-state index contributed by atoms with van der Waals surface area (Å²) in [5.41, 5.74) is 5.12. The maximum absolute atomic E-state index is 11.7. The van der Waals surface area contributed by atoms with Gasteiger partial charge in [0.15, 0.2) is 0 Å². The quantitative estimate of drug-likeness (QED) is 0.437. The van der Waals surface area contributed by atoms with E-state index in [4.69, 9.17) is 16.3 Å². The molecule has 3 aromatic rings. The molecule has 2 aromatic carbocycles. The Morgan fingerprint density at radius 2 is 2.00 bits per heavy atom. The van der Waals surface area contributed by atoms with Crippen LogP contribution in [0.1, 0.15) is 30.2 Å². The summed E-state index contributed by atoms with van der Waals surface area (Å²) in [4.78, 5) is 18.7. The van der Waals surface area contributed by atoms with Crippen LogP contribution in [0.25, 0.3) is 0 Å². The molecule has 144 valence electrons. The topological polar surface area (TPSA) is 79.4 Å². The average molecular weight is 397 g/mol. The van der Waals surface area contributed by atoms with Crippen LogP contribution in [-0.4, -0.2) is 16.2 Å². The normalized spacial score (nSPS) is 10.9. The van der Waals surface area contributed by atoms with Crippen molar-refractivity contribution in [1.29, 1.82) is 0 Å². The lowest BCUT2D eigenvalue weighted by atomic mass is 10.2. The number of anilines is 1. The summed E-state index contributed by atoms with van der Waals surface area (Å²) in [7, 11) is 0. The molecule has 0 spiro atoms. The maximum atomic E-state index is 11.7. The molecule has 0 saturated heterocycles. The molecule has 0 fully saturated rings. The van der Waals surface area contributed by atoms with E-state index in [9.17, 15) is 4.79 Å². The lowest BCUT2D eigenvalue weighted by molar-refractivity contribution is 0.306. The Morgan fingerprint density at radius 3 is 2.79 bits per heavy atom. The van der Waals surface area contributed by atoms with Crippen LogP contribution in [-0.2, 0) is 13.0 Å². The third-order valence-corrected chi connectivity index (χ3v) is 4.15. The van der Waals surface area contributed by atoms with E-state index < -0.39 is 0 Å². The van der Waals surface area contributed by atoms with Crippen molar-refractivity contribution in [2.24, 2.45) is 5.10 Å². The van der Waals surface area contributed by atoms with Gasteiger partial charge >= 0.3 is 0 Å². The number of H-pyrrole nitrogens is 1. The van der Waals surface area contributed by atoms with E-state index in [-0.39, 0.29) is 5.56 Å². The first-order valence-electron chi connectivity index (χ1n) is 8.99. The Labute approximate surface area is 168 Å². The molecule has 3 rings (SSSR count). The Kier molecular flexibility index (Phi) is 6.81. The van der Waals surface area contributed by atoms with Gasteiger partial charge in [0, 0.05) is 22.3 Å². The number of hydrogen-bond donors (Lipinski definition) is 2. The minimum absolute atomic E-state index is 0.206. The van der Waals surface area contributed by atoms with Crippen molar-refractivity contribution in [3.05, 3.63) is 86.8 Å². The molecule has 0 aliphatic rings. The number of halogens is 1. The Balaban J connectivity index is 1.67. The van der Waals surface area contributed by atoms with Crippen LogP contribution in [0.2, 0.25) is 5.02 Å². The molecule has 1 heterocycles. The Bertz CT molecular complexity index is 1000. The zero-order valence-corrected chi connectivity index (χ0v) is 16.2. The molecule has 0 unspecified atom stereocenters. The van der Waals surface area contributed by atoms with Gasteiger partial charge in [0.05, 0.1) is 6.21 Å². The molecular weight excluding hydrogens is 376 g/mol. The molecule has 0 bridgehead atoms. The van der Waals surface area contributed by atoms with Crippen molar-refractivity contribution in [2.45, 2.75) is 26.4 Å². The lowest BCUT2D eigenvalue weighted by Crippen LogP contribution is -2.12. The molecule has 0 aliphatic carbocycles. The number of hydrazone groups is 1. The minimum atomic E-state index is -0.206. The highest BCUT2D eigenvalue weighted by molar-refractivity contribution is 6.30. The third-order valence-electron chi connectivity index (χ3n) is 3.90. The van der Waals surface area contributed by atoms with Crippen LogP contribution < -0.4 is 15.7 Å². The largest absolute Gasteiger partial charge is 0.488 e. The molecule has 0 atom stereocenters. The third kappa shape index (κ3) is 5.69. The van der Waals surface area contributed by atoms with Crippen LogP contribution in [0.4, 0.5) is 5.95 Å². The highest BCUT2D eigenvalue weighted by Crippen LogP contribution is 2.18. The van der Waals surface area contributed by atoms with Gasteiger partial charge in [0.25, 0.3) is 5.56 Å². The summed E-state index contributed by atoms with van der Waals surface area (Å²) < 4.78 is 5.90. The van der Waals surface area contributed by atoms with Crippen molar-refractivity contribution in [1.82, 2.24) is 9.97 Å². The van der Waals surface area contributed by atoms with Crippen molar-refractivity contribution in [2.75, 3.05) is 5.43 Å². The summed E-state index contributed by atoms with van der Waals surface area (Å²) >= 11 is 5.91. The van der Waals surface area contributed by atoms with Crippen LogP contribution in [0, 0.1) is 0 Å². The Morgan fingerprint density at radius 1 is 1.21 bits per heavy atom. The van der Waals surface area contributed by atoms with E-state index in [1.807, 2.05) is 55.5 Å². The molecule has 2 N–H and O–H groups in total. The molecule has 0 aliphatic heterocycles. The van der Waals surface area contributed by atoms with Crippen LogP contribution in [0.15, 0.2) is 64.5 Å². The van der Waals surface area contributed by atoms with Gasteiger partial charge < -0.3 is 4.74 Å². The molecule has 7 heteroatoms. The highest BCUT2D eigenvalue weighted by atomic mass is 35.5. The van der Waals surface area contributed by atoms with E-state index >= 15 is 0 Å². The maximum Gasteiger partial charge on any atom is 0.252 e. The second-order valence-corrected chi connectivity index (χ2v) is 6.59. The fraction of sp³-hybridized carbons (Fsp3) is 0.190. The molecule has 1 aromatic heterocycles. The molecular formula is C21H21ClN4O2. The number of aryl methyl sites for hydroxylation is 1. The first kappa shape index (κ1) is 19.6. The van der Waals surface area contributed by atoms with Crippen LogP contribution in [0.5, 0.6) is 5.75 Å². The van der Waals surface area contributed by atoms with Gasteiger partial charge in [-0.05, 0) is 36.2 Å². The number of aromatic amines is 1. The molecule has 0 amide bonds. The van der Waals surface area contributed by atoms with Gasteiger partial charge in [-0.3, -0.25) is 9.78 Å². The lowest BCUT2D eigenvalue weighted by Gasteiger charge is -2.09. The molecule has 28 heavy (non-hydrogen) atoms. The predicted octanol–water partition coefficient (Wildman–Crippen LogP) is 4.40. The standard InChI is InChI=1S/C21H21ClN4O2/c1-2-5-18-12-20(27)25-21(24-18)26-23-13-16-6-3-4-7-19(16)28-14-15-8-10-17(22)11-9-15/h3-4,6-13H,2,5,14H2,1H3,(H2,24,25,26,27)/b23-13-. The SMILES string of the molecule is CCCc1cc(=O)[nH]c(N/N=C\c2ccccc2OCc2ccc(Cl)cc2)n1. The Hall–Kier alpha value is -3.12. The number of benzene rings is 2. The van der Waals surface area contributed by atoms with Crippen molar-refractivity contribution >= 4 is 23.8 Å². The second kappa shape index (κ2) is 9.71.